The van der Waals surface area contributed by atoms with Crippen LogP contribution >= 0.6 is 0 Å². The van der Waals surface area contributed by atoms with Gasteiger partial charge in [-0.3, -0.25) is 10.2 Å². The van der Waals surface area contributed by atoms with Crippen molar-refractivity contribution >= 4 is 11.6 Å². The molecule has 0 amide bonds. The third-order valence-electron chi connectivity index (χ3n) is 0.797. The van der Waals surface area contributed by atoms with Crippen LogP contribution in [0.3, 0.4) is 0 Å². The summed E-state index contributed by atoms with van der Waals surface area (Å²) in [6, 6.07) is 0. The lowest BCUT2D eigenvalue weighted by atomic mass is 10.3. The molecular formula is C5H7N3O2. The van der Waals surface area contributed by atoms with Gasteiger partial charge in [0.2, 0.25) is 0 Å². The summed E-state index contributed by atoms with van der Waals surface area (Å²) in [4.78, 5) is 19.9. The SMILES string of the molecule is CC(=O)C(N)=CC(=N)N=O. The van der Waals surface area contributed by atoms with Gasteiger partial charge in [-0.25, -0.2) is 0 Å². The molecule has 0 rings (SSSR count). The Morgan fingerprint density at radius 3 is 2.50 bits per heavy atom. The number of rotatable bonds is 2. The van der Waals surface area contributed by atoms with Crippen molar-refractivity contribution in [3.05, 3.63) is 16.7 Å². The maximum absolute atomic E-state index is 10.4. The Hall–Kier alpha value is -1.52. The second-order valence-electron chi connectivity index (χ2n) is 1.63. The van der Waals surface area contributed by atoms with Crippen molar-refractivity contribution < 1.29 is 4.79 Å². The van der Waals surface area contributed by atoms with Crippen molar-refractivity contribution in [3.63, 3.8) is 0 Å². The summed E-state index contributed by atoms with van der Waals surface area (Å²) in [5, 5.41) is 8.91. The average Bonchev–Trinajstić information content (AvgIpc) is 1.87. The average molecular weight is 141 g/mol. The minimum absolute atomic E-state index is 0.135. The van der Waals surface area contributed by atoms with Crippen molar-refractivity contribution in [1.29, 1.82) is 5.41 Å². The normalized spacial score (nSPS) is 10.7. The minimum Gasteiger partial charge on any atom is -0.396 e. The fourth-order valence-electron chi connectivity index (χ4n) is 0.275. The van der Waals surface area contributed by atoms with Crippen LogP contribution in [0.5, 0.6) is 0 Å². The number of carbonyl (C=O) groups is 1. The van der Waals surface area contributed by atoms with E-state index in [1.807, 2.05) is 0 Å². The van der Waals surface area contributed by atoms with Crippen molar-refractivity contribution in [2.75, 3.05) is 0 Å². The van der Waals surface area contributed by atoms with E-state index in [0.717, 1.165) is 6.08 Å². The van der Waals surface area contributed by atoms with Crippen LogP contribution in [-0.2, 0) is 4.79 Å². The van der Waals surface area contributed by atoms with Gasteiger partial charge in [-0.05, 0) is 5.18 Å². The molecule has 5 nitrogen and oxygen atoms in total. The van der Waals surface area contributed by atoms with E-state index in [2.05, 4.69) is 5.18 Å². The Balaban J connectivity index is 4.30. The van der Waals surface area contributed by atoms with Crippen LogP contribution in [0.4, 0.5) is 0 Å². The van der Waals surface area contributed by atoms with E-state index in [-0.39, 0.29) is 11.5 Å². The van der Waals surface area contributed by atoms with E-state index < -0.39 is 5.84 Å². The standard InChI is InChI=1S/C5H7N3O2/c1-3(9)4(6)2-5(7)8-10/h2,7H,6H2,1H3. The number of nitrogens with two attached hydrogens (primary N) is 1. The van der Waals surface area contributed by atoms with Crippen molar-refractivity contribution in [2.24, 2.45) is 10.9 Å². The minimum atomic E-state index is -0.548. The molecule has 0 aliphatic carbocycles. The molecule has 5 heteroatoms. The molecular weight excluding hydrogens is 134 g/mol. The number of nitrogens with one attached hydrogen (secondary N) is 1. The van der Waals surface area contributed by atoms with E-state index in [0.29, 0.717) is 0 Å². The van der Waals surface area contributed by atoms with E-state index in [9.17, 15) is 9.70 Å². The molecule has 0 aliphatic rings. The van der Waals surface area contributed by atoms with Crippen LogP contribution in [0.25, 0.3) is 0 Å². The lowest BCUT2D eigenvalue weighted by Crippen LogP contribution is -2.08. The van der Waals surface area contributed by atoms with Crippen molar-refractivity contribution in [2.45, 2.75) is 6.92 Å². The van der Waals surface area contributed by atoms with Crippen molar-refractivity contribution in [1.82, 2.24) is 0 Å². The third kappa shape index (κ3) is 2.71. The zero-order chi connectivity index (χ0) is 8.15. The number of amidine groups is 1. The first-order chi connectivity index (χ1) is 4.57. The Bertz CT molecular complexity index is 207. The highest BCUT2D eigenvalue weighted by molar-refractivity contribution is 6.01. The summed E-state index contributed by atoms with van der Waals surface area (Å²) < 4.78 is 0. The summed E-state index contributed by atoms with van der Waals surface area (Å²) in [6.07, 6.45) is 0.912. The monoisotopic (exact) mass is 141 g/mol. The highest BCUT2D eigenvalue weighted by Crippen LogP contribution is 1.87. The van der Waals surface area contributed by atoms with Crippen LogP contribution < -0.4 is 5.73 Å². The van der Waals surface area contributed by atoms with Crippen LogP contribution in [0.1, 0.15) is 6.92 Å². The topological polar surface area (TPSA) is 96.4 Å². The van der Waals surface area contributed by atoms with Gasteiger partial charge >= 0.3 is 0 Å². The molecule has 0 fully saturated rings. The van der Waals surface area contributed by atoms with Gasteiger partial charge < -0.3 is 5.73 Å². The molecule has 10 heavy (non-hydrogen) atoms. The summed E-state index contributed by atoms with van der Waals surface area (Å²) >= 11 is 0. The van der Waals surface area contributed by atoms with Crippen LogP contribution in [0.2, 0.25) is 0 Å². The summed E-state index contributed by atoms with van der Waals surface area (Å²) in [6.45, 7) is 1.24. The van der Waals surface area contributed by atoms with Gasteiger partial charge in [0.15, 0.2) is 11.6 Å². The maximum atomic E-state index is 10.4. The van der Waals surface area contributed by atoms with E-state index in [1.54, 1.807) is 0 Å². The lowest BCUT2D eigenvalue weighted by molar-refractivity contribution is -0.113. The number of nitroso groups, excluding NO2 is 1. The maximum Gasteiger partial charge on any atom is 0.191 e. The van der Waals surface area contributed by atoms with Gasteiger partial charge in [0.1, 0.15) is 0 Å². The lowest BCUT2D eigenvalue weighted by Gasteiger charge is -1.89. The first-order valence-corrected chi connectivity index (χ1v) is 2.48. The van der Waals surface area contributed by atoms with Crippen LogP contribution in [0.15, 0.2) is 16.9 Å². The first kappa shape index (κ1) is 8.48. The van der Waals surface area contributed by atoms with Gasteiger partial charge in [-0.15, -0.1) is 4.91 Å². The molecule has 0 saturated carbocycles. The molecule has 0 unspecified atom stereocenters. The molecule has 54 valence electrons. The molecule has 0 atom stereocenters. The van der Waals surface area contributed by atoms with Gasteiger partial charge in [0.05, 0.1) is 5.70 Å². The zero-order valence-electron chi connectivity index (χ0n) is 5.42. The Kier molecular flexibility index (Phi) is 2.96. The van der Waals surface area contributed by atoms with Gasteiger partial charge in [-0.1, -0.05) is 0 Å². The molecule has 0 saturated heterocycles. The molecule has 0 aromatic heterocycles. The number of allylic oxidation sites excluding steroid dienone is 1. The van der Waals surface area contributed by atoms with Gasteiger partial charge in [0.25, 0.3) is 0 Å². The molecule has 0 aliphatic heterocycles. The predicted molar refractivity (Wildman–Crippen MR) is 36.5 cm³/mol. The smallest absolute Gasteiger partial charge is 0.191 e. The number of ketones is 1. The first-order valence-electron chi connectivity index (χ1n) is 2.48. The van der Waals surface area contributed by atoms with Crippen molar-refractivity contribution in [3.8, 4) is 0 Å². The largest absolute Gasteiger partial charge is 0.396 e. The number of hydrogen-bond donors (Lipinski definition) is 2. The van der Waals surface area contributed by atoms with Crippen LogP contribution in [0, 0.1) is 10.3 Å². The van der Waals surface area contributed by atoms with E-state index in [1.165, 1.54) is 6.92 Å². The summed E-state index contributed by atoms with van der Waals surface area (Å²) in [7, 11) is 0. The predicted octanol–water partition coefficient (Wildman–Crippen LogP) is 0.162. The summed E-state index contributed by atoms with van der Waals surface area (Å²) in [5.74, 6) is -0.930. The number of hydrogen-bond acceptors (Lipinski definition) is 4. The quantitative estimate of drug-likeness (QED) is 0.248. The second kappa shape index (κ2) is 3.49. The molecule has 0 bridgehead atoms. The Morgan fingerprint density at radius 2 is 2.20 bits per heavy atom. The highest BCUT2D eigenvalue weighted by atomic mass is 16.3. The zero-order valence-corrected chi connectivity index (χ0v) is 5.42. The molecule has 0 radical (unpaired) electrons. The number of carbonyl (C=O) groups excluding carboxylic acids is 1. The molecule has 0 aromatic rings. The Labute approximate surface area is 57.4 Å². The van der Waals surface area contributed by atoms with Gasteiger partial charge in [0, 0.05) is 13.0 Å². The third-order valence-corrected chi connectivity index (χ3v) is 0.797. The van der Waals surface area contributed by atoms with E-state index >= 15 is 0 Å². The number of Topliss-reactive ketones (excluding diaryl/α,β-unsaturated/α-hetero) is 1. The van der Waals surface area contributed by atoms with Crippen LogP contribution in [-0.4, -0.2) is 11.6 Å². The fourth-order valence-corrected chi connectivity index (χ4v) is 0.275. The molecule has 0 aromatic carbocycles. The second-order valence-corrected chi connectivity index (χ2v) is 1.63. The molecule has 0 heterocycles. The highest BCUT2D eigenvalue weighted by Gasteiger charge is 1.97. The summed E-state index contributed by atoms with van der Waals surface area (Å²) in [5.41, 5.74) is 4.93. The molecule has 3 N–H and O–H groups in total. The number of nitrogens with zero attached hydrogens (tertiary/aromatic N) is 1. The fraction of sp³-hybridized carbons (Fsp3) is 0.200. The Morgan fingerprint density at radius 1 is 1.70 bits per heavy atom. The van der Waals surface area contributed by atoms with Gasteiger partial charge in [-0.2, -0.15) is 0 Å². The molecule has 0 spiro atoms. The van der Waals surface area contributed by atoms with E-state index in [4.69, 9.17) is 11.1 Å².